The number of aromatic amines is 1. The number of H-pyrrole nitrogens is 1. The Morgan fingerprint density at radius 3 is 2.87 bits per heavy atom. The fourth-order valence-electron chi connectivity index (χ4n) is 4.21. The number of halogens is 1. The predicted molar refractivity (Wildman–Crippen MR) is 111 cm³/mol. The van der Waals surface area contributed by atoms with Gasteiger partial charge in [0.05, 0.1) is 17.2 Å². The monoisotopic (exact) mass is 413 g/mol. The number of benzene rings is 1. The summed E-state index contributed by atoms with van der Waals surface area (Å²) in [6.45, 7) is 2.86. The molecule has 2 amide bonds. The van der Waals surface area contributed by atoms with Gasteiger partial charge in [-0.25, -0.2) is 4.39 Å². The molecule has 1 saturated heterocycles. The molecule has 0 spiro atoms. The van der Waals surface area contributed by atoms with E-state index in [4.69, 9.17) is 0 Å². The average molecular weight is 413 g/mol. The third-order valence-electron chi connectivity index (χ3n) is 5.76. The molecule has 4 rings (SSSR count). The number of para-hydroxylation sites is 1. The third kappa shape index (κ3) is 3.79. The van der Waals surface area contributed by atoms with E-state index in [0.717, 1.165) is 32.2 Å². The quantitative estimate of drug-likeness (QED) is 0.715. The van der Waals surface area contributed by atoms with Crippen LogP contribution in [0.15, 0.2) is 29.1 Å². The standard InChI is InChI=1S/C21H24FN5O3/c1-2-12-7-5-6-10-27(12)21-25-18-17(20(30)26-21)13(11-16(28)24-18)19(29)23-15-9-4-3-8-14(15)22/h3-4,8-9,12-13H,2,5-7,10-11H2,1H3,(H,23,29)(H2,24,25,26,28,30)/t12-,13-/m1/s1. The van der Waals surface area contributed by atoms with Crippen molar-refractivity contribution in [3.05, 3.63) is 46.0 Å². The van der Waals surface area contributed by atoms with Gasteiger partial charge in [0.1, 0.15) is 11.6 Å². The molecule has 158 valence electrons. The van der Waals surface area contributed by atoms with Crippen LogP contribution in [0.5, 0.6) is 0 Å². The van der Waals surface area contributed by atoms with E-state index in [1.807, 2.05) is 0 Å². The molecule has 0 aliphatic carbocycles. The molecule has 0 radical (unpaired) electrons. The van der Waals surface area contributed by atoms with E-state index in [1.54, 1.807) is 6.07 Å². The van der Waals surface area contributed by atoms with Crippen LogP contribution in [0, 0.1) is 5.82 Å². The van der Waals surface area contributed by atoms with E-state index in [1.165, 1.54) is 18.2 Å². The summed E-state index contributed by atoms with van der Waals surface area (Å²) in [6.07, 6.45) is 3.84. The van der Waals surface area contributed by atoms with Crippen molar-refractivity contribution in [2.24, 2.45) is 0 Å². The lowest BCUT2D eigenvalue weighted by Gasteiger charge is -2.36. The van der Waals surface area contributed by atoms with Crippen LogP contribution in [0.3, 0.4) is 0 Å². The zero-order chi connectivity index (χ0) is 21.3. The lowest BCUT2D eigenvalue weighted by atomic mass is 9.92. The Bertz CT molecular complexity index is 1040. The van der Waals surface area contributed by atoms with Gasteiger partial charge in [-0.2, -0.15) is 4.98 Å². The van der Waals surface area contributed by atoms with Gasteiger partial charge in [-0.1, -0.05) is 19.1 Å². The summed E-state index contributed by atoms with van der Waals surface area (Å²) >= 11 is 0. The maximum atomic E-state index is 13.9. The summed E-state index contributed by atoms with van der Waals surface area (Å²) in [5.41, 5.74) is -0.378. The molecule has 2 atom stereocenters. The van der Waals surface area contributed by atoms with Gasteiger partial charge in [0, 0.05) is 19.0 Å². The minimum atomic E-state index is -1.05. The lowest BCUT2D eigenvalue weighted by Crippen LogP contribution is -2.43. The van der Waals surface area contributed by atoms with Crippen LogP contribution in [0.25, 0.3) is 0 Å². The van der Waals surface area contributed by atoms with E-state index in [9.17, 15) is 18.8 Å². The number of rotatable bonds is 4. The second kappa shape index (κ2) is 8.25. The molecule has 0 saturated carbocycles. The number of nitrogens with zero attached hydrogens (tertiary/aromatic N) is 2. The Morgan fingerprint density at radius 2 is 2.10 bits per heavy atom. The minimum absolute atomic E-state index is 0.00450. The van der Waals surface area contributed by atoms with E-state index < -0.39 is 29.1 Å². The zero-order valence-electron chi connectivity index (χ0n) is 16.7. The number of carbonyl (C=O) groups excluding carboxylic acids is 2. The first-order valence-corrected chi connectivity index (χ1v) is 10.2. The molecule has 2 aromatic rings. The second-order valence-corrected chi connectivity index (χ2v) is 7.68. The number of amides is 2. The molecule has 30 heavy (non-hydrogen) atoms. The van der Waals surface area contributed by atoms with E-state index in [2.05, 4.69) is 32.4 Å². The fourth-order valence-corrected chi connectivity index (χ4v) is 4.21. The van der Waals surface area contributed by atoms with Gasteiger partial charge in [-0.05, 0) is 37.8 Å². The largest absolute Gasteiger partial charge is 0.339 e. The maximum Gasteiger partial charge on any atom is 0.258 e. The number of fused-ring (bicyclic) bond motifs is 1. The molecular formula is C21H24FN5O3. The van der Waals surface area contributed by atoms with E-state index in [0.29, 0.717) is 5.95 Å². The van der Waals surface area contributed by atoms with Gasteiger partial charge in [0.25, 0.3) is 5.56 Å². The van der Waals surface area contributed by atoms with Crippen molar-refractivity contribution in [3.63, 3.8) is 0 Å². The summed E-state index contributed by atoms with van der Waals surface area (Å²) in [5.74, 6) is -2.18. The van der Waals surface area contributed by atoms with Gasteiger partial charge in [-0.3, -0.25) is 19.4 Å². The summed E-state index contributed by atoms with van der Waals surface area (Å²) in [6, 6.07) is 6.00. The Balaban J connectivity index is 1.67. The summed E-state index contributed by atoms with van der Waals surface area (Å²) < 4.78 is 13.9. The Labute approximate surface area is 172 Å². The van der Waals surface area contributed by atoms with Crippen LogP contribution in [-0.2, 0) is 9.59 Å². The molecule has 8 nitrogen and oxygen atoms in total. The van der Waals surface area contributed by atoms with Crippen LogP contribution in [0.2, 0.25) is 0 Å². The number of aromatic nitrogens is 2. The average Bonchev–Trinajstić information content (AvgIpc) is 2.74. The Kier molecular flexibility index (Phi) is 5.52. The molecule has 3 heterocycles. The summed E-state index contributed by atoms with van der Waals surface area (Å²) in [7, 11) is 0. The normalized spacial score (nSPS) is 21.0. The minimum Gasteiger partial charge on any atom is -0.339 e. The van der Waals surface area contributed by atoms with Crippen LogP contribution in [-0.4, -0.2) is 34.4 Å². The molecule has 2 aliphatic rings. The van der Waals surface area contributed by atoms with Crippen molar-refractivity contribution in [1.29, 1.82) is 0 Å². The van der Waals surface area contributed by atoms with E-state index in [-0.39, 0.29) is 29.5 Å². The van der Waals surface area contributed by atoms with Gasteiger partial charge in [0.2, 0.25) is 17.8 Å². The molecule has 1 aromatic carbocycles. The number of carbonyl (C=O) groups is 2. The third-order valence-corrected chi connectivity index (χ3v) is 5.76. The number of hydrogen-bond acceptors (Lipinski definition) is 5. The van der Waals surface area contributed by atoms with Crippen molar-refractivity contribution >= 4 is 29.3 Å². The number of piperidine rings is 1. The van der Waals surface area contributed by atoms with Crippen molar-refractivity contribution in [1.82, 2.24) is 9.97 Å². The molecule has 1 fully saturated rings. The number of nitrogens with one attached hydrogen (secondary N) is 3. The molecule has 1 aromatic heterocycles. The SMILES string of the molecule is CC[C@@H]1CCCCN1c1nc2c(c(=O)[nH]1)[C@H](C(=O)Nc1ccccc1F)CC(=O)N2. The van der Waals surface area contributed by atoms with Crippen molar-refractivity contribution < 1.29 is 14.0 Å². The van der Waals surface area contributed by atoms with Gasteiger partial charge >= 0.3 is 0 Å². The van der Waals surface area contributed by atoms with Crippen LogP contribution in [0.1, 0.15) is 50.5 Å². The second-order valence-electron chi connectivity index (χ2n) is 7.68. The smallest absolute Gasteiger partial charge is 0.258 e. The van der Waals surface area contributed by atoms with Gasteiger partial charge < -0.3 is 15.5 Å². The van der Waals surface area contributed by atoms with Gasteiger partial charge in [0.15, 0.2) is 0 Å². The summed E-state index contributed by atoms with van der Waals surface area (Å²) in [5, 5.41) is 5.10. The van der Waals surface area contributed by atoms with Crippen LogP contribution >= 0.6 is 0 Å². The first-order valence-electron chi connectivity index (χ1n) is 10.2. The molecule has 0 bridgehead atoms. The Morgan fingerprint density at radius 1 is 1.30 bits per heavy atom. The molecule has 0 unspecified atom stereocenters. The zero-order valence-corrected chi connectivity index (χ0v) is 16.7. The number of hydrogen-bond donors (Lipinski definition) is 3. The Hall–Kier alpha value is -3.23. The first-order chi connectivity index (χ1) is 14.5. The first kappa shape index (κ1) is 20.1. The highest BCUT2D eigenvalue weighted by Crippen LogP contribution is 2.32. The molecule has 3 N–H and O–H groups in total. The number of anilines is 3. The maximum absolute atomic E-state index is 13.9. The summed E-state index contributed by atoms with van der Waals surface area (Å²) in [4.78, 5) is 47.3. The molecular weight excluding hydrogens is 389 g/mol. The molecule has 2 aliphatic heterocycles. The van der Waals surface area contributed by atoms with Crippen molar-refractivity contribution in [3.8, 4) is 0 Å². The highest BCUT2D eigenvalue weighted by Gasteiger charge is 2.36. The van der Waals surface area contributed by atoms with Crippen molar-refractivity contribution in [2.75, 3.05) is 22.1 Å². The van der Waals surface area contributed by atoms with Gasteiger partial charge in [-0.15, -0.1) is 0 Å². The highest BCUT2D eigenvalue weighted by atomic mass is 19.1. The predicted octanol–water partition coefficient (Wildman–Crippen LogP) is 2.74. The van der Waals surface area contributed by atoms with Crippen LogP contribution in [0.4, 0.5) is 21.8 Å². The highest BCUT2D eigenvalue weighted by molar-refractivity contribution is 6.04. The lowest BCUT2D eigenvalue weighted by molar-refractivity contribution is -0.123. The molecule has 9 heteroatoms. The van der Waals surface area contributed by atoms with E-state index >= 15 is 0 Å². The van der Waals surface area contributed by atoms with Crippen molar-refractivity contribution in [2.45, 2.75) is 51.0 Å². The van der Waals surface area contributed by atoms with Crippen LogP contribution < -0.4 is 21.1 Å². The topological polar surface area (TPSA) is 107 Å². The fraction of sp³-hybridized carbons (Fsp3) is 0.429.